The maximum absolute atomic E-state index is 14.0. The molecule has 1 saturated heterocycles. The first-order chi connectivity index (χ1) is 18.1. The lowest BCUT2D eigenvalue weighted by atomic mass is 9.75. The molecule has 0 saturated carbocycles. The molecule has 0 amide bonds. The zero-order chi connectivity index (χ0) is 27.4. The van der Waals surface area contributed by atoms with E-state index in [0.717, 1.165) is 12.7 Å². The van der Waals surface area contributed by atoms with Gasteiger partial charge >= 0.3 is 18.1 Å². The molecule has 2 aliphatic heterocycles. The molecule has 7 nitrogen and oxygen atoms in total. The number of carbonyl (C=O) groups excluding carboxylic acids is 2. The summed E-state index contributed by atoms with van der Waals surface area (Å²) in [4.78, 5) is 29.6. The van der Waals surface area contributed by atoms with E-state index in [1.807, 2.05) is 12.1 Å². The predicted molar refractivity (Wildman–Crippen MR) is 132 cm³/mol. The largest absolute Gasteiger partial charge is 0.491 e. The Morgan fingerprint density at radius 3 is 2.42 bits per heavy atom. The summed E-state index contributed by atoms with van der Waals surface area (Å²) in [5.74, 6) is -4.77. The molecule has 0 radical (unpaired) electrons. The van der Waals surface area contributed by atoms with E-state index in [4.69, 9.17) is 30.5 Å². The minimum atomic E-state index is -4.95. The fraction of sp³-hybridized carbons (Fsp3) is 0.370. The minimum absolute atomic E-state index is 0.0558. The standard InChI is InChI=1S/C27H25ClF3NO6/c1-15-21(26(34)36-12-11-16-7-9-17(10-8-16)37-13-18-14-38-18)22(19-5-3-4-6-20(19)28)23(25(33)35-2)24(32-15)27(29,30)31/h3-10,18,22-23H,11-14H2,1-2H3. The summed E-state index contributed by atoms with van der Waals surface area (Å²) in [5.41, 5.74) is -0.755. The molecule has 3 unspecified atom stereocenters. The third-order valence-electron chi connectivity index (χ3n) is 6.21. The van der Waals surface area contributed by atoms with E-state index in [-0.39, 0.29) is 34.6 Å². The Hall–Kier alpha value is -3.37. The van der Waals surface area contributed by atoms with Gasteiger partial charge in [0.15, 0.2) is 0 Å². The number of epoxide rings is 1. The van der Waals surface area contributed by atoms with Crippen LogP contribution in [0.5, 0.6) is 5.75 Å². The van der Waals surface area contributed by atoms with Gasteiger partial charge in [-0.3, -0.25) is 9.79 Å². The molecule has 0 bridgehead atoms. The zero-order valence-corrected chi connectivity index (χ0v) is 21.3. The number of aliphatic imine (C=N–C) groups is 1. The van der Waals surface area contributed by atoms with Crippen molar-refractivity contribution in [3.8, 4) is 5.75 Å². The third kappa shape index (κ3) is 6.36. The third-order valence-corrected chi connectivity index (χ3v) is 6.55. The van der Waals surface area contributed by atoms with Gasteiger partial charge in [-0.05, 0) is 36.2 Å². The van der Waals surface area contributed by atoms with Crippen molar-refractivity contribution >= 4 is 29.3 Å². The molecular weight excluding hydrogens is 527 g/mol. The first kappa shape index (κ1) is 27.7. The SMILES string of the molecule is COC(=O)C1C(C(F)(F)F)=NC(C)=C(C(=O)OCCc2ccc(OCC3CO3)cc2)C1c1ccccc1Cl. The summed E-state index contributed by atoms with van der Waals surface area (Å²) >= 11 is 6.33. The maximum Gasteiger partial charge on any atom is 0.430 e. The Bertz CT molecular complexity index is 1250. The highest BCUT2D eigenvalue weighted by Crippen LogP contribution is 2.45. The average Bonchev–Trinajstić information content (AvgIpc) is 3.71. The van der Waals surface area contributed by atoms with Crippen LogP contribution in [0, 0.1) is 5.92 Å². The van der Waals surface area contributed by atoms with Gasteiger partial charge < -0.3 is 18.9 Å². The van der Waals surface area contributed by atoms with E-state index in [2.05, 4.69) is 4.99 Å². The van der Waals surface area contributed by atoms with E-state index in [1.54, 1.807) is 24.3 Å². The van der Waals surface area contributed by atoms with Crippen molar-refractivity contribution in [2.75, 3.05) is 26.9 Å². The summed E-state index contributed by atoms with van der Waals surface area (Å²) < 4.78 is 62.7. The maximum atomic E-state index is 14.0. The number of benzene rings is 2. The normalized spacial score (nSPS) is 21.0. The quantitative estimate of drug-likeness (QED) is 0.320. The van der Waals surface area contributed by atoms with Crippen LogP contribution in [0.1, 0.15) is 24.0 Å². The van der Waals surface area contributed by atoms with Crippen molar-refractivity contribution in [1.29, 1.82) is 0 Å². The van der Waals surface area contributed by atoms with Gasteiger partial charge in [0.05, 0.1) is 25.9 Å². The summed E-state index contributed by atoms with van der Waals surface area (Å²) in [6.45, 7) is 2.38. The van der Waals surface area contributed by atoms with Crippen LogP contribution >= 0.6 is 11.6 Å². The fourth-order valence-electron chi connectivity index (χ4n) is 4.26. The summed E-state index contributed by atoms with van der Waals surface area (Å²) in [5, 5.41) is 0.0866. The number of rotatable bonds is 9. The Labute approximate surface area is 222 Å². The predicted octanol–water partition coefficient (Wildman–Crippen LogP) is 5.07. The van der Waals surface area contributed by atoms with Crippen molar-refractivity contribution < 1.29 is 41.7 Å². The molecule has 2 aliphatic rings. The number of carbonyl (C=O) groups is 2. The molecule has 38 heavy (non-hydrogen) atoms. The Morgan fingerprint density at radius 2 is 1.82 bits per heavy atom. The lowest BCUT2D eigenvalue weighted by Gasteiger charge is -2.33. The van der Waals surface area contributed by atoms with E-state index in [9.17, 15) is 22.8 Å². The number of allylic oxidation sites excluding steroid dienone is 1. The number of hydrogen-bond acceptors (Lipinski definition) is 7. The first-order valence-electron chi connectivity index (χ1n) is 11.8. The Kier molecular flexibility index (Phi) is 8.42. The van der Waals surface area contributed by atoms with Crippen molar-refractivity contribution in [3.63, 3.8) is 0 Å². The van der Waals surface area contributed by atoms with Gasteiger partial charge in [0.1, 0.15) is 30.1 Å². The molecule has 0 spiro atoms. The van der Waals surface area contributed by atoms with Crippen LogP contribution < -0.4 is 4.74 Å². The highest BCUT2D eigenvalue weighted by Gasteiger charge is 2.53. The average molecular weight is 552 g/mol. The molecule has 2 aromatic carbocycles. The molecule has 0 aliphatic carbocycles. The number of alkyl halides is 3. The van der Waals surface area contributed by atoms with Crippen LogP contribution in [0.2, 0.25) is 5.02 Å². The van der Waals surface area contributed by atoms with E-state index in [0.29, 0.717) is 25.4 Å². The lowest BCUT2D eigenvalue weighted by molar-refractivity contribution is -0.145. The lowest BCUT2D eigenvalue weighted by Crippen LogP contribution is -2.43. The Balaban J connectivity index is 1.56. The monoisotopic (exact) mass is 551 g/mol. The Morgan fingerprint density at radius 1 is 1.13 bits per heavy atom. The summed E-state index contributed by atoms with van der Waals surface area (Å²) in [7, 11) is 0.971. The molecule has 4 rings (SSSR count). The summed E-state index contributed by atoms with van der Waals surface area (Å²) in [6.07, 6.45) is -4.47. The van der Waals surface area contributed by atoms with Crippen molar-refractivity contribution in [2.24, 2.45) is 10.9 Å². The topological polar surface area (TPSA) is 86.7 Å². The van der Waals surface area contributed by atoms with Crippen LogP contribution in [0.3, 0.4) is 0 Å². The highest BCUT2D eigenvalue weighted by molar-refractivity contribution is 6.31. The molecule has 2 aromatic rings. The molecule has 3 atom stereocenters. The van der Waals surface area contributed by atoms with Gasteiger partial charge in [-0.25, -0.2) is 4.79 Å². The van der Waals surface area contributed by atoms with E-state index < -0.39 is 35.7 Å². The van der Waals surface area contributed by atoms with Crippen molar-refractivity contribution in [3.05, 3.63) is 76.0 Å². The van der Waals surface area contributed by atoms with Gasteiger partial charge in [0.2, 0.25) is 0 Å². The number of ether oxygens (including phenoxy) is 4. The number of hydrogen-bond donors (Lipinski definition) is 0. The van der Waals surface area contributed by atoms with Gasteiger partial charge in [0, 0.05) is 23.1 Å². The van der Waals surface area contributed by atoms with Crippen LogP contribution in [-0.4, -0.2) is 56.9 Å². The van der Waals surface area contributed by atoms with Gasteiger partial charge in [0.25, 0.3) is 0 Å². The second kappa shape index (κ2) is 11.6. The van der Waals surface area contributed by atoms with E-state index >= 15 is 0 Å². The van der Waals surface area contributed by atoms with Gasteiger partial charge in [-0.15, -0.1) is 0 Å². The number of methoxy groups -OCH3 is 1. The molecule has 1 fully saturated rings. The highest BCUT2D eigenvalue weighted by atomic mass is 35.5. The van der Waals surface area contributed by atoms with Crippen LogP contribution in [0.4, 0.5) is 13.2 Å². The van der Waals surface area contributed by atoms with E-state index in [1.165, 1.54) is 19.1 Å². The second-order valence-corrected chi connectivity index (χ2v) is 9.20. The van der Waals surface area contributed by atoms with Crippen molar-refractivity contribution in [1.82, 2.24) is 0 Å². The van der Waals surface area contributed by atoms with Crippen LogP contribution in [0.15, 0.2) is 64.8 Å². The number of esters is 2. The first-order valence-corrected chi connectivity index (χ1v) is 12.2. The summed E-state index contributed by atoms with van der Waals surface area (Å²) in [6, 6.07) is 13.3. The zero-order valence-electron chi connectivity index (χ0n) is 20.6. The molecule has 0 aromatic heterocycles. The molecule has 11 heteroatoms. The van der Waals surface area contributed by atoms with Gasteiger partial charge in [-0.1, -0.05) is 41.9 Å². The number of halogens is 4. The van der Waals surface area contributed by atoms with Crippen LogP contribution in [0.25, 0.3) is 0 Å². The molecule has 2 heterocycles. The fourth-order valence-corrected chi connectivity index (χ4v) is 4.51. The minimum Gasteiger partial charge on any atom is -0.491 e. The smallest absolute Gasteiger partial charge is 0.430 e. The molecule has 0 N–H and O–H groups in total. The molecule has 202 valence electrons. The second-order valence-electron chi connectivity index (χ2n) is 8.79. The number of nitrogens with zero attached hydrogens (tertiary/aromatic N) is 1. The van der Waals surface area contributed by atoms with Crippen molar-refractivity contribution in [2.45, 2.75) is 31.5 Å². The molecular formula is C27H25ClF3NO6. The van der Waals surface area contributed by atoms with Crippen LogP contribution in [-0.2, 0) is 30.2 Å². The van der Waals surface area contributed by atoms with Gasteiger partial charge in [-0.2, -0.15) is 13.2 Å².